The molecule has 0 fully saturated rings. The van der Waals surface area contributed by atoms with Crippen LogP contribution in [-0.4, -0.2) is 24.5 Å². The molecule has 0 aliphatic heterocycles. The van der Waals surface area contributed by atoms with Gasteiger partial charge in [0.2, 0.25) is 16.2 Å². The predicted octanol–water partition coefficient (Wildman–Crippen LogP) is 2.32. The monoisotopic (exact) mass is 340 g/mol. The van der Waals surface area contributed by atoms with Gasteiger partial charge in [-0.1, -0.05) is 43.4 Å². The highest BCUT2D eigenvalue weighted by Gasteiger charge is 2.18. The van der Waals surface area contributed by atoms with Crippen LogP contribution in [0.5, 0.6) is 0 Å². The topological polar surface area (TPSA) is 101 Å². The summed E-state index contributed by atoms with van der Waals surface area (Å²) in [5.74, 6) is -0.315. The van der Waals surface area contributed by atoms with Crippen LogP contribution in [0.15, 0.2) is 35.2 Å². The number of rotatable bonds is 6. The van der Waals surface area contributed by atoms with E-state index in [1.54, 1.807) is 25.1 Å². The van der Waals surface area contributed by atoms with E-state index in [4.69, 9.17) is 0 Å². The number of hydrogen-bond donors (Lipinski definition) is 2. The summed E-state index contributed by atoms with van der Waals surface area (Å²) in [5.41, 5.74) is 0. The van der Waals surface area contributed by atoms with Crippen molar-refractivity contribution in [2.24, 2.45) is 5.92 Å². The van der Waals surface area contributed by atoms with Crippen molar-refractivity contribution >= 4 is 37.5 Å². The summed E-state index contributed by atoms with van der Waals surface area (Å²) in [5, 5.41) is 10.5. The van der Waals surface area contributed by atoms with Crippen LogP contribution in [0, 0.1) is 5.92 Å². The minimum Gasteiger partial charge on any atom is -0.300 e. The van der Waals surface area contributed by atoms with Crippen molar-refractivity contribution in [3.8, 4) is 0 Å². The van der Waals surface area contributed by atoms with E-state index in [1.165, 1.54) is 12.1 Å². The summed E-state index contributed by atoms with van der Waals surface area (Å²) < 4.78 is 26.6. The van der Waals surface area contributed by atoms with Crippen LogP contribution < -0.4 is 10.0 Å². The molecule has 1 unspecified atom stereocenters. The maximum absolute atomic E-state index is 12.1. The highest BCUT2D eigenvalue weighted by Crippen LogP contribution is 2.23. The largest absolute Gasteiger partial charge is 0.300 e. The smallest absolute Gasteiger partial charge is 0.263 e. The third kappa shape index (κ3) is 4.01. The van der Waals surface area contributed by atoms with Gasteiger partial charge in [0.1, 0.15) is 0 Å². The van der Waals surface area contributed by atoms with Gasteiger partial charge in [-0.05, 0) is 18.6 Å². The average molecular weight is 340 g/mol. The number of hydrogen-bond acceptors (Lipinski definition) is 6. The molecule has 1 amide bonds. The second-order valence-corrected chi connectivity index (χ2v) is 7.29. The van der Waals surface area contributed by atoms with Gasteiger partial charge in [0, 0.05) is 5.92 Å². The fourth-order valence-corrected chi connectivity index (χ4v) is 3.40. The molecular formula is C13H16N4O3S2. The van der Waals surface area contributed by atoms with Gasteiger partial charge in [-0.3, -0.25) is 9.52 Å². The minimum absolute atomic E-state index is 0.100. The first-order chi connectivity index (χ1) is 10.4. The lowest BCUT2D eigenvalue weighted by Crippen LogP contribution is -2.19. The third-order valence-corrected chi connectivity index (χ3v) is 5.23. The lowest BCUT2D eigenvalue weighted by molar-refractivity contribution is -0.119. The zero-order chi connectivity index (χ0) is 16.2. The molecule has 0 spiro atoms. The van der Waals surface area contributed by atoms with Crippen LogP contribution >= 0.6 is 11.3 Å². The summed E-state index contributed by atoms with van der Waals surface area (Å²) in [4.78, 5) is 11.9. The zero-order valence-electron chi connectivity index (χ0n) is 12.1. The molecule has 2 aromatic rings. The number of carbonyl (C=O) groups excluding carboxylic acids is 1. The van der Waals surface area contributed by atoms with E-state index in [0.29, 0.717) is 6.42 Å². The van der Waals surface area contributed by atoms with Crippen molar-refractivity contribution in [1.29, 1.82) is 0 Å². The van der Waals surface area contributed by atoms with Gasteiger partial charge in [-0.2, -0.15) is 0 Å². The second kappa shape index (κ2) is 6.84. The molecule has 9 heteroatoms. The molecular weight excluding hydrogens is 324 g/mol. The Balaban J connectivity index is 2.08. The molecule has 0 saturated heterocycles. The van der Waals surface area contributed by atoms with Crippen molar-refractivity contribution < 1.29 is 13.2 Å². The van der Waals surface area contributed by atoms with Crippen LogP contribution in [0.4, 0.5) is 10.3 Å². The number of amides is 1. The molecule has 0 aliphatic carbocycles. The Morgan fingerprint density at radius 3 is 2.50 bits per heavy atom. The molecule has 1 atom stereocenters. The molecule has 7 nitrogen and oxygen atoms in total. The molecule has 2 N–H and O–H groups in total. The Hall–Kier alpha value is -2.00. The molecule has 22 heavy (non-hydrogen) atoms. The predicted molar refractivity (Wildman–Crippen MR) is 85.2 cm³/mol. The van der Waals surface area contributed by atoms with Crippen LogP contribution in [0.1, 0.15) is 20.3 Å². The number of carbonyl (C=O) groups is 1. The van der Waals surface area contributed by atoms with E-state index in [-0.39, 0.29) is 27.0 Å². The second-order valence-electron chi connectivity index (χ2n) is 4.63. The average Bonchev–Trinajstić information content (AvgIpc) is 2.93. The maximum Gasteiger partial charge on any atom is 0.263 e. The fourth-order valence-electron chi connectivity index (χ4n) is 1.50. The maximum atomic E-state index is 12.1. The molecule has 0 aliphatic rings. The number of benzene rings is 1. The zero-order valence-corrected chi connectivity index (χ0v) is 13.7. The van der Waals surface area contributed by atoms with E-state index in [2.05, 4.69) is 20.2 Å². The summed E-state index contributed by atoms with van der Waals surface area (Å²) in [6.45, 7) is 3.71. The third-order valence-electron chi connectivity index (χ3n) is 2.99. The number of anilines is 2. The molecule has 118 valence electrons. The molecule has 2 rings (SSSR count). The first kappa shape index (κ1) is 16.4. The Kier molecular flexibility index (Phi) is 5.09. The first-order valence-electron chi connectivity index (χ1n) is 6.64. The summed E-state index contributed by atoms with van der Waals surface area (Å²) in [6.07, 6.45) is 0.706. The fraction of sp³-hybridized carbons (Fsp3) is 0.308. The lowest BCUT2D eigenvalue weighted by atomic mass is 10.1. The van der Waals surface area contributed by atoms with Crippen LogP contribution in [0.25, 0.3) is 0 Å². The Morgan fingerprint density at radius 2 is 1.86 bits per heavy atom. The molecule has 0 saturated carbocycles. The SMILES string of the molecule is CCC(C)C(=O)Nc1nnc(NS(=O)(=O)c2ccccc2)s1. The van der Waals surface area contributed by atoms with Crippen molar-refractivity contribution in [1.82, 2.24) is 10.2 Å². The Labute approximate surface area is 132 Å². The van der Waals surface area contributed by atoms with Crippen molar-refractivity contribution in [2.75, 3.05) is 10.0 Å². The van der Waals surface area contributed by atoms with E-state index in [9.17, 15) is 13.2 Å². The number of nitrogens with zero attached hydrogens (tertiary/aromatic N) is 2. The Morgan fingerprint density at radius 1 is 1.23 bits per heavy atom. The summed E-state index contributed by atoms with van der Waals surface area (Å²) in [6, 6.07) is 7.95. The molecule has 0 radical (unpaired) electrons. The van der Waals surface area contributed by atoms with Gasteiger partial charge in [0.25, 0.3) is 10.0 Å². The minimum atomic E-state index is -3.70. The van der Waals surface area contributed by atoms with Crippen LogP contribution in [0.2, 0.25) is 0 Å². The highest BCUT2D eigenvalue weighted by molar-refractivity contribution is 7.93. The lowest BCUT2D eigenvalue weighted by Gasteiger charge is -2.06. The van der Waals surface area contributed by atoms with E-state index in [1.807, 2.05) is 6.92 Å². The highest BCUT2D eigenvalue weighted by atomic mass is 32.2. The van der Waals surface area contributed by atoms with Crippen LogP contribution in [0.3, 0.4) is 0 Å². The van der Waals surface area contributed by atoms with Crippen molar-refractivity contribution in [2.45, 2.75) is 25.2 Å². The van der Waals surface area contributed by atoms with Gasteiger partial charge < -0.3 is 5.32 Å². The van der Waals surface area contributed by atoms with Crippen molar-refractivity contribution in [3.63, 3.8) is 0 Å². The standard InChI is InChI=1S/C13H16N4O3S2/c1-3-9(2)11(18)14-12-15-16-13(21-12)17-22(19,20)10-7-5-4-6-8-10/h4-9H,3H2,1-2H3,(H,16,17)(H,14,15,18). The van der Waals surface area contributed by atoms with Gasteiger partial charge in [-0.25, -0.2) is 8.42 Å². The Bertz CT molecular complexity index is 744. The number of nitrogens with one attached hydrogen (secondary N) is 2. The molecule has 1 aromatic carbocycles. The molecule has 0 bridgehead atoms. The van der Waals surface area contributed by atoms with E-state index >= 15 is 0 Å². The van der Waals surface area contributed by atoms with Gasteiger partial charge in [0.05, 0.1) is 4.90 Å². The quantitative estimate of drug-likeness (QED) is 0.840. The normalized spacial score (nSPS) is 12.6. The summed E-state index contributed by atoms with van der Waals surface area (Å²) >= 11 is 0.966. The summed E-state index contributed by atoms with van der Waals surface area (Å²) in [7, 11) is -3.70. The van der Waals surface area contributed by atoms with E-state index < -0.39 is 10.0 Å². The molecule has 1 heterocycles. The number of aromatic nitrogens is 2. The van der Waals surface area contributed by atoms with Crippen molar-refractivity contribution in [3.05, 3.63) is 30.3 Å². The molecule has 1 aromatic heterocycles. The number of sulfonamides is 1. The van der Waals surface area contributed by atoms with Crippen LogP contribution in [-0.2, 0) is 14.8 Å². The van der Waals surface area contributed by atoms with Gasteiger partial charge in [-0.15, -0.1) is 10.2 Å². The van der Waals surface area contributed by atoms with Gasteiger partial charge in [0.15, 0.2) is 0 Å². The van der Waals surface area contributed by atoms with E-state index in [0.717, 1.165) is 11.3 Å². The van der Waals surface area contributed by atoms with Gasteiger partial charge >= 0.3 is 0 Å². The first-order valence-corrected chi connectivity index (χ1v) is 8.94.